The fraction of sp³-hybridized carbons (Fsp3) is 0.235. The smallest absolute Gasteiger partial charge is 0.167 e. The van der Waals surface area contributed by atoms with Crippen LogP contribution in [-0.4, -0.2) is 25.1 Å². The standard InChI is InChI=1S/C17H16O3/c18-17(10-13-4-2-1-3-5-13)14-6-8-15(9-7-14)19-11-16-12-20-16/h1-9,16H,10-12H2. The van der Waals surface area contributed by atoms with Gasteiger partial charge in [0.05, 0.1) is 6.61 Å². The summed E-state index contributed by atoms with van der Waals surface area (Å²) in [4.78, 5) is 12.1. The Bertz CT molecular complexity index is 571. The minimum absolute atomic E-state index is 0.119. The van der Waals surface area contributed by atoms with Crippen LogP contribution in [0.4, 0.5) is 0 Å². The molecule has 1 atom stereocenters. The molecule has 3 heteroatoms. The third kappa shape index (κ3) is 3.45. The molecule has 1 unspecified atom stereocenters. The lowest BCUT2D eigenvalue weighted by Crippen LogP contribution is -2.05. The molecule has 1 aliphatic heterocycles. The summed E-state index contributed by atoms with van der Waals surface area (Å²) in [5, 5.41) is 0. The summed E-state index contributed by atoms with van der Waals surface area (Å²) in [5.74, 6) is 0.894. The maximum Gasteiger partial charge on any atom is 0.167 e. The van der Waals surface area contributed by atoms with Crippen molar-refractivity contribution >= 4 is 5.78 Å². The lowest BCUT2D eigenvalue weighted by Gasteiger charge is -2.05. The molecule has 2 aromatic carbocycles. The Morgan fingerprint density at radius 3 is 2.45 bits per heavy atom. The van der Waals surface area contributed by atoms with Crippen LogP contribution in [0.3, 0.4) is 0 Å². The van der Waals surface area contributed by atoms with E-state index >= 15 is 0 Å². The van der Waals surface area contributed by atoms with E-state index in [4.69, 9.17) is 9.47 Å². The van der Waals surface area contributed by atoms with Gasteiger partial charge in [0.15, 0.2) is 5.78 Å². The van der Waals surface area contributed by atoms with Gasteiger partial charge in [-0.25, -0.2) is 0 Å². The van der Waals surface area contributed by atoms with Crippen LogP contribution in [0.25, 0.3) is 0 Å². The molecule has 0 saturated carbocycles. The third-order valence-electron chi connectivity index (χ3n) is 3.22. The number of hydrogen-bond donors (Lipinski definition) is 0. The van der Waals surface area contributed by atoms with Crippen molar-refractivity contribution in [3.8, 4) is 5.75 Å². The Hall–Kier alpha value is -2.13. The van der Waals surface area contributed by atoms with Crippen LogP contribution < -0.4 is 4.74 Å². The van der Waals surface area contributed by atoms with Gasteiger partial charge in [0.1, 0.15) is 18.5 Å². The zero-order valence-corrected chi connectivity index (χ0v) is 11.1. The van der Waals surface area contributed by atoms with Crippen LogP contribution in [-0.2, 0) is 11.2 Å². The van der Waals surface area contributed by atoms with Gasteiger partial charge in [-0.1, -0.05) is 30.3 Å². The molecule has 102 valence electrons. The number of Topliss-reactive ketones (excluding diaryl/α,β-unsaturated/α-hetero) is 1. The first kappa shape index (κ1) is 12.9. The predicted molar refractivity (Wildman–Crippen MR) is 76.2 cm³/mol. The number of hydrogen-bond acceptors (Lipinski definition) is 3. The Balaban J connectivity index is 1.59. The molecule has 0 bridgehead atoms. The van der Waals surface area contributed by atoms with Crippen LogP contribution in [0, 0.1) is 0 Å². The van der Waals surface area contributed by atoms with E-state index in [9.17, 15) is 4.79 Å². The maximum absolute atomic E-state index is 12.1. The van der Waals surface area contributed by atoms with Gasteiger partial charge < -0.3 is 9.47 Å². The van der Waals surface area contributed by atoms with Gasteiger partial charge in [0.2, 0.25) is 0 Å². The summed E-state index contributed by atoms with van der Waals surface area (Å²) in [5.41, 5.74) is 1.74. The molecule has 1 aliphatic rings. The van der Waals surface area contributed by atoms with Crippen LogP contribution in [0.15, 0.2) is 54.6 Å². The first-order valence-electron chi connectivity index (χ1n) is 6.73. The molecule has 0 aliphatic carbocycles. The normalized spacial score (nSPS) is 16.7. The molecule has 0 N–H and O–H groups in total. The number of benzene rings is 2. The van der Waals surface area contributed by atoms with E-state index in [1.54, 1.807) is 0 Å². The number of epoxide rings is 1. The Kier molecular flexibility index (Phi) is 3.79. The fourth-order valence-corrected chi connectivity index (χ4v) is 1.97. The molecule has 3 rings (SSSR count). The van der Waals surface area contributed by atoms with Crippen molar-refractivity contribution in [2.75, 3.05) is 13.2 Å². The van der Waals surface area contributed by atoms with Gasteiger partial charge >= 0.3 is 0 Å². The largest absolute Gasteiger partial charge is 0.491 e. The van der Waals surface area contributed by atoms with E-state index in [1.165, 1.54) is 0 Å². The first-order valence-corrected chi connectivity index (χ1v) is 6.73. The summed E-state index contributed by atoms with van der Waals surface area (Å²) in [6.45, 7) is 1.37. The molecule has 20 heavy (non-hydrogen) atoms. The summed E-state index contributed by atoms with van der Waals surface area (Å²) >= 11 is 0. The highest BCUT2D eigenvalue weighted by Crippen LogP contribution is 2.17. The number of carbonyl (C=O) groups excluding carboxylic acids is 1. The van der Waals surface area contributed by atoms with Gasteiger partial charge in [0, 0.05) is 12.0 Å². The lowest BCUT2D eigenvalue weighted by atomic mass is 10.0. The van der Waals surface area contributed by atoms with E-state index in [1.807, 2.05) is 54.6 Å². The first-order chi connectivity index (χ1) is 9.81. The van der Waals surface area contributed by atoms with Crippen molar-refractivity contribution in [3.05, 3.63) is 65.7 Å². The average molecular weight is 268 g/mol. The van der Waals surface area contributed by atoms with E-state index in [0.717, 1.165) is 17.9 Å². The molecular formula is C17H16O3. The monoisotopic (exact) mass is 268 g/mol. The molecule has 1 heterocycles. The Morgan fingerprint density at radius 1 is 1.10 bits per heavy atom. The predicted octanol–water partition coefficient (Wildman–Crippen LogP) is 2.89. The van der Waals surface area contributed by atoms with Gasteiger partial charge in [-0.3, -0.25) is 4.79 Å². The second kappa shape index (κ2) is 5.88. The second-order valence-electron chi connectivity index (χ2n) is 4.88. The van der Waals surface area contributed by atoms with E-state index < -0.39 is 0 Å². The highest BCUT2D eigenvalue weighted by Gasteiger charge is 2.23. The van der Waals surface area contributed by atoms with Gasteiger partial charge in [0.25, 0.3) is 0 Å². The van der Waals surface area contributed by atoms with Crippen molar-refractivity contribution in [2.24, 2.45) is 0 Å². The number of rotatable bonds is 6. The fourth-order valence-electron chi connectivity index (χ4n) is 1.97. The van der Waals surface area contributed by atoms with Crippen molar-refractivity contribution in [2.45, 2.75) is 12.5 Å². The molecule has 1 fully saturated rings. The quantitative estimate of drug-likeness (QED) is 0.597. The van der Waals surface area contributed by atoms with Gasteiger partial charge in [-0.15, -0.1) is 0 Å². The Morgan fingerprint density at radius 2 is 1.80 bits per heavy atom. The molecule has 0 radical (unpaired) electrons. The highest BCUT2D eigenvalue weighted by atomic mass is 16.6. The summed E-state index contributed by atoms with van der Waals surface area (Å²) in [7, 11) is 0. The summed E-state index contributed by atoms with van der Waals surface area (Å²) in [6.07, 6.45) is 0.672. The van der Waals surface area contributed by atoms with Crippen LogP contribution in [0.2, 0.25) is 0 Å². The molecule has 3 nitrogen and oxygen atoms in total. The Labute approximate surface area is 118 Å². The van der Waals surface area contributed by atoms with E-state index in [-0.39, 0.29) is 11.9 Å². The number of ketones is 1. The van der Waals surface area contributed by atoms with E-state index in [0.29, 0.717) is 18.6 Å². The zero-order valence-electron chi connectivity index (χ0n) is 11.1. The number of carbonyl (C=O) groups is 1. The highest BCUT2D eigenvalue weighted by molar-refractivity contribution is 5.97. The lowest BCUT2D eigenvalue weighted by molar-refractivity contribution is 0.0993. The van der Waals surface area contributed by atoms with Crippen molar-refractivity contribution in [3.63, 3.8) is 0 Å². The minimum Gasteiger partial charge on any atom is -0.491 e. The minimum atomic E-state index is 0.119. The van der Waals surface area contributed by atoms with Gasteiger partial charge in [-0.05, 0) is 29.8 Å². The SMILES string of the molecule is O=C(Cc1ccccc1)c1ccc(OCC2CO2)cc1. The van der Waals surface area contributed by atoms with Crippen molar-refractivity contribution < 1.29 is 14.3 Å². The van der Waals surface area contributed by atoms with Crippen molar-refractivity contribution in [1.82, 2.24) is 0 Å². The topological polar surface area (TPSA) is 38.8 Å². The number of ether oxygens (including phenoxy) is 2. The van der Waals surface area contributed by atoms with Crippen LogP contribution >= 0.6 is 0 Å². The van der Waals surface area contributed by atoms with E-state index in [2.05, 4.69) is 0 Å². The maximum atomic E-state index is 12.1. The molecule has 0 aromatic heterocycles. The third-order valence-corrected chi connectivity index (χ3v) is 3.22. The van der Waals surface area contributed by atoms with Gasteiger partial charge in [-0.2, -0.15) is 0 Å². The summed E-state index contributed by atoms with van der Waals surface area (Å²) in [6, 6.07) is 17.1. The molecule has 1 saturated heterocycles. The summed E-state index contributed by atoms with van der Waals surface area (Å²) < 4.78 is 10.6. The molecule has 2 aromatic rings. The second-order valence-corrected chi connectivity index (χ2v) is 4.88. The van der Waals surface area contributed by atoms with Crippen LogP contribution in [0.1, 0.15) is 15.9 Å². The molecule has 0 spiro atoms. The molecular weight excluding hydrogens is 252 g/mol. The van der Waals surface area contributed by atoms with Crippen molar-refractivity contribution in [1.29, 1.82) is 0 Å². The average Bonchev–Trinajstić information content (AvgIpc) is 3.31. The molecule has 0 amide bonds. The zero-order chi connectivity index (χ0) is 13.8. The van der Waals surface area contributed by atoms with Crippen LogP contribution in [0.5, 0.6) is 5.75 Å².